The molecule has 3 aromatic rings. The number of hydrogen-bond acceptors (Lipinski definition) is 6. The molecule has 1 unspecified atom stereocenters. The molecule has 0 saturated heterocycles. The minimum Gasteiger partial charge on any atom is -0.435 e. The van der Waals surface area contributed by atoms with Gasteiger partial charge in [-0.25, -0.2) is 18.5 Å². The van der Waals surface area contributed by atoms with Gasteiger partial charge in [-0.3, -0.25) is 0 Å². The number of nitrogens with zero attached hydrogens (tertiary/aromatic N) is 3. The lowest BCUT2D eigenvalue weighted by atomic mass is 10.2. The minimum absolute atomic E-state index is 0.0178. The molecule has 1 aliphatic rings. The Bertz CT molecular complexity index is 1120. The first kappa shape index (κ1) is 19.3. The molecule has 1 fully saturated rings. The molecule has 1 saturated carbocycles. The first-order valence-electron chi connectivity index (χ1n) is 8.65. The molecule has 10 heteroatoms. The monoisotopic (exact) mass is 427 g/mol. The molecular weight excluding hydrogens is 411 g/mol. The van der Waals surface area contributed by atoms with E-state index in [0.29, 0.717) is 28.6 Å². The van der Waals surface area contributed by atoms with Crippen molar-refractivity contribution in [3.8, 4) is 11.6 Å². The summed E-state index contributed by atoms with van der Waals surface area (Å²) in [5, 5.41) is 0. The van der Waals surface area contributed by atoms with Gasteiger partial charge in [0.2, 0.25) is 5.89 Å². The summed E-state index contributed by atoms with van der Waals surface area (Å²) in [7, 11) is -2.03. The van der Waals surface area contributed by atoms with Crippen LogP contribution in [0.4, 0.5) is 13.2 Å². The van der Waals surface area contributed by atoms with Crippen LogP contribution in [0, 0.1) is 0 Å². The Kier molecular flexibility index (Phi) is 5.09. The van der Waals surface area contributed by atoms with Crippen molar-refractivity contribution in [1.29, 1.82) is 0 Å². The van der Waals surface area contributed by atoms with Crippen molar-refractivity contribution in [3.63, 3.8) is 0 Å². The number of halogens is 3. The molecule has 0 bridgehead atoms. The summed E-state index contributed by atoms with van der Waals surface area (Å²) in [5.41, 5.74) is -2.44. The minimum atomic E-state index is -4.38. The quantitative estimate of drug-likeness (QED) is 0.435. The van der Waals surface area contributed by atoms with Gasteiger partial charge in [0, 0.05) is 17.6 Å². The number of alkyl halides is 3. The van der Waals surface area contributed by atoms with Crippen LogP contribution in [0.25, 0.3) is 22.7 Å². The first-order valence-corrected chi connectivity index (χ1v) is 10.7. The Balaban J connectivity index is 1.78. The van der Waals surface area contributed by atoms with E-state index in [2.05, 4.69) is 14.3 Å². The zero-order valence-electron chi connectivity index (χ0n) is 14.7. The molecule has 5 nitrogen and oxygen atoms in total. The van der Waals surface area contributed by atoms with Crippen LogP contribution in [0.1, 0.15) is 31.2 Å². The van der Waals surface area contributed by atoms with E-state index in [0.717, 1.165) is 18.4 Å². The predicted octanol–water partition coefficient (Wildman–Crippen LogP) is 5.42. The van der Waals surface area contributed by atoms with Crippen molar-refractivity contribution < 1.29 is 21.8 Å². The smallest absolute Gasteiger partial charge is 0.435 e. The van der Waals surface area contributed by atoms with Crippen molar-refractivity contribution in [2.75, 3.05) is 6.54 Å². The maximum Gasteiger partial charge on any atom is 0.446 e. The third kappa shape index (κ3) is 4.17. The van der Waals surface area contributed by atoms with Crippen LogP contribution in [0.15, 0.2) is 49.0 Å². The van der Waals surface area contributed by atoms with Crippen LogP contribution in [0.2, 0.25) is 0 Å². The number of hydrogen-bond donors (Lipinski definition) is 1. The molecular formula is C18H16F3N3O2S2. The van der Waals surface area contributed by atoms with Crippen LogP contribution in [-0.2, 0) is 10.6 Å². The van der Waals surface area contributed by atoms with E-state index < -0.39 is 16.1 Å². The lowest BCUT2D eigenvalue weighted by molar-refractivity contribution is -0.0328. The van der Waals surface area contributed by atoms with E-state index in [1.54, 1.807) is 13.1 Å². The van der Waals surface area contributed by atoms with Crippen molar-refractivity contribution >= 4 is 33.5 Å². The Morgan fingerprint density at radius 2 is 2.11 bits per heavy atom. The van der Waals surface area contributed by atoms with Crippen molar-refractivity contribution in [1.82, 2.24) is 9.97 Å². The Morgan fingerprint density at radius 1 is 1.32 bits per heavy atom. The van der Waals surface area contributed by atoms with E-state index >= 15 is 0 Å². The van der Waals surface area contributed by atoms with Gasteiger partial charge in [0.05, 0.1) is 15.5 Å². The highest BCUT2D eigenvalue weighted by Crippen LogP contribution is 2.41. The fourth-order valence-corrected chi connectivity index (χ4v) is 4.41. The molecule has 0 spiro atoms. The number of fused-ring (bicyclic) bond motifs is 1. The van der Waals surface area contributed by atoms with Gasteiger partial charge >= 0.3 is 5.51 Å². The summed E-state index contributed by atoms with van der Waals surface area (Å²) >= 11 is -0.212. The van der Waals surface area contributed by atoms with Gasteiger partial charge in [-0.2, -0.15) is 13.2 Å². The van der Waals surface area contributed by atoms with Crippen LogP contribution in [0.5, 0.6) is 0 Å². The van der Waals surface area contributed by atoms with Crippen LogP contribution in [-0.4, -0.2) is 26.2 Å². The zero-order chi connectivity index (χ0) is 19.9. The average molecular weight is 427 g/mol. The van der Waals surface area contributed by atoms with Crippen molar-refractivity contribution in [3.05, 3.63) is 36.0 Å². The molecule has 2 heterocycles. The second-order valence-corrected chi connectivity index (χ2v) is 8.79. The lowest BCUT2D eigenvalue weighted by Gasteiger charge is -2.04. The van der Waals surface area contributed by atoms with Gasteiger partial charge in [-0.1, -0.05) is 0 Å². The second-order valence-electron chi connectivity index (χ2n) is 6.34. The van der Waals surface area contributed by atoms with Gasteiger partial charge < -0.3 is 4.42 Å². The van der Waals surface area contributed by atoms with Crippen LogP contribution < -0.4 is 0 Å². The molecule has 28 heavy (non-hydrogen) atoms. The third-order valence-corrected chi connectivity index (χ3v) is 6.22. The summed E-state index contributed by atoms with van der Waals surface area (Å²) in [6.45, 7) is 2.19. The van der Waals surface area contributed by atoms with Gasteiger partial charge in [0.1, 0.15) is 11.2 Å². The number of rotatable bonds is 5. The SMILES string of the molecule is CC/N=[SH](=O)/c1cc(C2CC2)cnc1-c1nc2cc(SC(F)(F)F)ccc2o1. The zero-order valence-corrected chi connectivity index (χ0v) is 16.4. The van der Waals surface area contributed by atoms with E-state index in [9.17, 15) is 17.4 Å². The van der Waals surface area contributed by atoms with E-state index in [1.807, 2.05) is 6.07 Å². The van der Waals surface area contributed by atoms with E-state index in [4.69, 9.17) is 4.42 Å². The van der Waals surface area contributed by atoms with Crippen LogP contribution >= 0.6 is 11.8 Å². The molecule has 4 rings (SSSR count). The van der Waals surface area contributed by atoms with Gasteiger partial charge in [0.15, 0.2) is 5.58 Å². The number of thioether (sulfide) groups is 1. The topological polar surface area (TPSA) is 68.3 Å². The number of pyridine rings is 1. The normalized spacial score (nSPS) is 16.0. The van der Waals surface area contributed by atoms with Crippen molar-refractivity contribution in [2.24, 2.45) is 4.36 Å². The predicted molar refractivity (Wildman–Crippen MR) is 102 cm³/mol. The average Bonchev–Trinajstić information content (AvgIpc) is 3.39. The van der Waals surface area contributed by atoms with Gasteiger partial charge in [0.25, 0.3) is 0 Å². The molecule has 2 aromatic heterocycles. The highest BCUT2D eigenvalue weighted by molar-refractivity contribution is 8.00. The molecule has 0 N–H and O–H groups in total. The highest BCUT2D eigenvalue weighted by atomic mass is 32.2. The van der Waals surface area contributed by atoms with Gasteiger partial charge in [-0.05, 0) is 67.3 Å². The summed E-state index contributed by atoms with van der Waals surface area (Å²) in [5.74, 6) is 0.548. The third-order valence-electron chi connectivity index (χ3n) is 4.21. The first-order chi connectivity index (χ1) is 13.3. The Labute approximate surface area is 165 Å². The fourth-order valence-electron chi connectivity index (χ4n) is 2.83. The number of aromatic nitrogens is 2. The molecule has 148 valence electrons. The fraction of sp³-hybridized carbons (Fsp3) is 0.333. The van der Waals surface area contributed by atoms with Gasteiger partial charge in [-0.15, -0.1) is 0 Å². The lowest BCUT2D eigenvalue weighted by Crippen LogP contribution is -1.98. The molecule has 1 aromatic carbocycles. The maximum absolute atomic E-state index is 12.6. The molecule has 0 aliphatic heterocycles. The van der Waals surface area contributed by atoms with Crippen LogP contribution in [0.3, 0.4) is 0 Å². The summed E-state index contributed by atoms with van der Waals surface area (Å²) in [6.07, 6.45) is 3.86. The summed E-state index contributed by atoms with van der Waals surface area (Å²) in [4.78, 5) is 9.15. The van der Waals surface area contributed by atoms with E-state index in [1.165, 1.54) is 18.2 Å². The molecule has 0 radical (unpaired) electrons. The molecule has 0 amide bonds. The Morgan fingerprint density at radius 3 is 2.79 bits per heavy atom. The second kappa shape index (κ2) is 7.40. The number of oxazole rings is 1. The molecule has 1 atom stereocenters. The number of benzene rings is 1. The summed E-state index contributed by atoms with van der Waals surface area (Å²) in [6, 6.07) is 5.91. The Hall–Kier alpha value is -2.07. The standard InChI is InChI=1S/C18H16F3N3O2S2/c1-2-23-28(25)15-7-11(10-3-4-10)9-22-16(15)17-24-13-8-12(27-18(19,20)21)5-6-14(13)26-17/h5-10,28H,2-4H2,1H3. The largest absolute Gasteiger partial charge is 0.446 e. The summed E-state index contributed by atoms with van der Waals surface area (Å²) < 4.78 is 60.2. The molecule has 1 aliphatic carbocycles. The number of thiol groups is 1. The van der Waals surface area contributed by atoms with Crippen molar-refractivity contribution in [2.45, 2.75) is 41.0 Å². The highest BCUT2D eigenvalue weighted by Gasteiger charge is 2.30. The van der Waals surface area contributed by atoms with E-state index in [-0.39, 0.29) is 28.1 Å². The maximum atomic E-state index is 12.6.